The van der Waals surface area contributed by atoms with Gasteiger partial charge in [-0.3, -0.25) is 14.9 Å². The number of carbonyl (C=O) groups excluding carboxylic acids is 1. The van der Waals surface area contributed by atoms with E-state index in [-0.39, 0.29) is 11.3 Å². The summed E-state index contributed by atoms with van der Waals surface area (Å²) in [5, 5.41) is 14.7. The molecule has 8 nitrogen and oxygen atoms in total. The molecule has 32 heavy (non-hydrogen) atoms. The van der Waals surface area contributed by atoms with Crippen molar-refractivity contribution in [3.05, 3.63) is 97.1 Å². The zero-order chi connectivity index (χ0) is 22.9. The Morgan fingerprint density at radius 1 is 1.12 bits per heavy atom. The molecule has 0 spiro atoms. The van der Waals surface area contributed by atoms with Gasteiger partial charge in [-0.05, 0) is 64.9 Å². The standard InChI is InChI=1S/C23H20IN3O5/c1-2-31-21-13-17(12-20(24)22(21)32-15-16-6-4-3-5-7-16)14-25-26-23(28)18-8-10-19(11-9-18)27(29)30/h3-14H,2,15H2,1H3,(H,26,28)/b25-14-. The van der Waals surface area contributed by atoms with Crippen molar-refractivity contribution >= 4 is 40.4 Å². The number of nitrogens with zero attached hydrogens (tertiary/aromatic N) is 2. The highest BCUT2D eigenvalue weighted by Gasteiger charge is 2.13. The molecule has 0 atom stereocenters. The van der Waals surface area contributed by atoms with E-state index in [1.807, 2.05) is 43.3 Å². The van der Waals surface area contributed by atoms with Crippen LogP contribution in [-0.2, 0) is 6.61 Å². The van der Waals surface area contributed by atoms with Crippen molar-refractivity contribution in [3.63, 3.8) is 0 Å². The molecule has 0 unspecified atom stereocenters. The summed E-state index contributed by atoms with van der Waals surface area (Å²) in [4.78, 5) is 22.4. The van der Waals surface area contributed by atoms with Crippen LogP contribution in [0, 0.1) is 13.7 Å². The number of non-ortho nitro benzene ring substituents is 1. The van der Waals surface area contributed by atoms with Crippen molar-refractivity contribution in [2.45, 2.75) is 13.5 Å². The molecule has 1 amide bonds. The fourth-order valence-corrected chi connectivity index (χ4v) is 3.54. The smallest absolute Gasteiger partial charge is 0.271 e. The largest absolute Gasteiger partial charge is 0.490 e. The number of halogens is 1. The predicted molar refractivity (Wildman–Crippen MR) is 129 cm³/mol. The predicted octanol–water partition coefficient (Wildman–Crippen LogP) is 4.94. The van der Waals surface area contributed by atoms with Gasteiger partial charge in [0, 0.05) is 17.7 Å². The van der Waals surface area contributed by atoms with E-state index in [1.165, 1.54) is 30.5 Å². The lowest BCUT2D eigenvalue weighted by molar-refractivity contribution is -0.384. The maximum atomic E-state index is 12.2. The number of hydrogen-bond donors (Lipinski definition) is 1. The van der Waals surface area contributed by atoms with Crippen molar-refractivity contribution < 1.29 is 19.2 Å². The van der Waals surface area contributed by atoms with Gasteiger partial charge in [-0.15, -0.1) is 0 Å². The lowest BCUT2D eigenvalue weighted by Gasteiger charge is -2.14. The molecule has 0 aromatic heterocycles. The number of amides is 1. The van der Waals surface area contributed by atoms with Crippen molar-refractivity contribution in [3.8, 4) is 11.5 Å². The number of rotatable bonds is 9. The number of ether oxygens (including phenoxy) is 2. The highest BCUT2D eigenvalue weighted by atomic mass is 127. The average molecular weight is 545 g/mol. The molecule has 0 saturated heterocycles. The Labute approximate surface area is 198 Å². The van der Waals surface area contributed by atoms with Crippen LogP contribution >= 0.6 is 22.6 Å². The van der Waals surface area contributed by atoms with E-state index in [2.05, 4.69) is 33.1 Å². The van der Waals surface area contributed by atoms with E-state index >= 15 is 0 Å². The molecule has 0 aliphatic rings. The van der Waals surface area contributed by atoms with E-state index in [9.17, 15) is 14.9 Å². The zero-order valence-corrected chi connectivity index (χ0v) is 19.3. The minimum Gasteiger partial charge on any atom is -0.490 e. The Morgan fingerprint density at radius 2 is 1.84 bits per heavy atom. The van der Waals surface area contributed by atoms with Gasteiger partial charge in [-0.1, -0.05) is 30.3 Å². The summed E-state index contributed by atoms with van der Waals surface area (Å²) >= 11 is 2.17. The van der Waals surface area contributed by atoms with Gasteiger partial charge in [0.05, 0.1) is 21.3 Å². The van der Waals surface area contributed by atoms with Crippen molar-refractivity contribution in [1.29, 1.82) is 0 Å². The SMILES string of the molecule is CCOc1cc(/C=N\NC(=O)c2ccc([N+](=O)[O-])cc2)cc(I)c1OCc1ccccc1. The van der Waals surface area contributed by atoms with E-state index < -0.39 is 10.8 Å². The van der Waals surface area contributed by atoms with Gasteiger partial charge in [0.2, 0.25) is 0 Å². The van der Waals surface area contributed by atoms with Crippen LogP contribution < -0.4 is 14.9 Å². The van der Waals surface area contributed by atoms with Gasteiger partial charge in [0.15, 0.2) is 11.5 Å². The first-order valence-electron chi connectivity index (χ1n) is 9.69. The third-order valence-corrected chi connectivity index (χ3v) is 5.08. The Hall–Kier alpha value is -3.47. The van der Waals surface area contributed by atoms with Gasteiger partial charge in [-0.2, -0.15) is 5.10 Å². The monoisotopic (exact) mass is 545 g/mol. The Balaban J connectivity index is 1.69. The first-order valence-corrected chi connectivity index (χ1v) is 10.8. The van der Waals surface area contributed by atoms with E-state index in [0.29, 0.717) is 30.3 Å². The van der Waals surface area contributed by atoms with Crippen LogP contribution in [0.3, 0.4) is 0 Å². The molecule has 3 aromatic rings. The number of hydrogen-bond acceptors (Lipinski definition) is 6. The summed E-state index contributed by atoms with van der Waals surface area (Å²) in [5.74, 6) is 0.750. The minimum absolute atomic E-state index is 0.0855. The van der Waals surface area contributed by atoms with Crippen LogP contribution in [-0.4, -0.2) is 23.7 Å². The molecule has 0 radical (unpaired) electrons. The van der Waals surface area contributed by atoms with Crippen LogP contribution in [0.25, 0.3) is 0 Å². The minimum atomic E-state index is -0.523. The van der Waals surface area contributed by atoms with Gasteiger partial charge in [0.1, 0.15) is 6.61 Å². The molecular formula is C23H20IN3O5. The van der Waals surface area contributed by atoms with Gasteiger partial charge in [0.25, 0.3) is 11.6 Å². The molecule has 1 N–H and O–H groups in total. The molecule has 0 heterocycles. The number of hydrazone groups is 1. The number of carbonyl (C=O) groups is 1. The topological polar surface area (TPSA) is 103 Å². The van der Waals surface area contributed by atoms with Crippen molar-refractivity contribution in [2.24, 2.45) is 5.10 Å². The normalized spacial score (nSPS) is 10.7. The number of nitro benzene ring substituents is 1. The fourth-order valence-electron chi connectivity index (χ4n) is 2.76. The lowest BCUT2D eigenvalue weighted by atomic mass is 10.2. The van der Waals surface area contributed by atoms with Gasteiger partial charge in [-0.25, -0.2) is 5.43 Å². The zero-order valence-electron chi connectivity index (χ0n) is 17.2. The molecule has 0 aliphatic heterocycles. The molecule has 3 rings (SSSR count). The quantitative estimate of drug-likeness (QED) is 0.178. The van der Waals surface area contributed by atoms with E-state index in [0.717, 1.165) is 9.13 Å². The summed E-state index contributed by atoms with van der Waals surface area (Å²) in [6.45, 7) is 2.77. The van der Waals surface area contributed by atoms with E-state index in [4.69, 9.17) is 9.47 Å². The molecule has 164 valence electrons. The summed E-state index contributed by atoms with van der Waals surface area (Å²) < 4.78 is 12.6. The maximum absolute atomic E-state index is 12.2. The van der Waals surface area contributed by atoms with Crippen LogP contribution in [0.2, 0.25) is 0 Å². The Kier molecular flexibility index (Phi) is 8.14. The Bertz CT molecular complexity index is 1120. The average Bonchev–Trinajstić information content (AvgIpc) is 2.79. The highest BCUT2D eigenvalue weighted by Crippen LogP contribution is 2.34. The van der Waals surface area contributed by atoms with Gasteiger partial charge >= 0.3 is 0 Å². The first-order chi connectivity index (χ1) is 15.5. The molecule has 9 heteroatoms. The van der Waals surface area contributed by atoms with Crippen molar-refractivity contribution in [1.82, 2.24) is 5.43 Å². The number of nitrogens with one attached hydrogen (secondary N) is 1. The maximum Gasteiger partial charge on any atom is 0.271 e. The summed E-state index contributed by atoms with van der Waals surface area (Å²) in [7, 11) is 0. The third kappa shape index (κ3) is 6.27. The van der Waals surface area contributed by atoms with E-state index in [1.54, 1.807) is 6.07 Å². The molecule has 3 aromatic carbocycles. The first kappa shape index (κ1) is 23.2. The molecule has 0 fully saturated rings. The molecule has 0 saturated carbocycles. The molecule has 0 bridgehead atoms. The molecule has 0 aliphatic carbocycles. The highest BCUT2D eigenvalue weighted by molar-refractivity contribution is 14.1. The summed E-state index contributed by atoms with van der Waals surface area (Å²) in [5.41, 5.74) is 4.36. The second-order valence-corrected chi connectivity index (χ2v) is 7.70. The van der Waals surface area contributed by atoms with Crippen LogP contribution in [0.5, 0.6) is 11.5 Å². The number of nitro groups is 1. The summed E-state index contributed by atoms with van der Waals surface area (Å²) in [6, 6.07) is 18.8. The summed E-state index contributed by atoms with van der Waals surface area (Å²) in [6.07, 6.45) is 1.49. The third-order valence-electron chi connectivity index (χ3n) is 4.28. The molecular weight excluding hydrogens is 525 g/mol. The van der Waals surface area contributed by atoms with Gasteiger partial charge < -0.3 is 9.47 Å². The van der Waals surface area contributed by atoms with Crippen LogP contribution in [0.15, 0.2) is 71.8 Å². The van der Waals surface area contributed by atoms with Crippen LogP contribution in [0.4, 0.5) is 5.69 Å². The van der Waals surface area contributed by atoms with Crippen LogP contribution in [0.1, 0.15) is 28.4 Å². The second-order valence-electron chi connectivity index (χ2n) is 6.54. The Morgan fingerprint density at radius 3 is 2.50 bits per heavy atom. The second kappa shape index (κ2) is 11.2. The lowest BCUT2D eigenvalue weighted by Crippen LogP contribution is -2.17. The number of benzene rings is 3. The van der Waals surface area contributed by atoms with Crippen molar-refractivity contribution in [2.75, 3.05) is 6.61 Å². The fraction of sp³-hybridized carbons (Fsp3) is 0.130.